The molecule has 2 atom stereocenters. The summed E-state index contributed by atoms with van der Waals surface area (Å²) in [6, 6.07) is 5.29. The van der Waals surface area contributed by atoms with Gasteiger partial charge in [-0.25, -0.2) is 4.98 Å². The summed E-state index contributed by atoms with van der Waals surface area (Å²) < 4.78 is 11.5. The number of rotatable bonds is 4. The van der Waals surface area contributed by atoms with Crippen molar-refractivity contribution in [1.82, 2.24) is 10.3 Å². The van der Waals surface area contributed by atoms with E-state index in [0.717, 1.165) is 19.5 Å². The molecule has 1 unspecified atom stereocenters. The van der Waals surface area contributed by atoms with E-state index in [2.05, 4.69) is 10.3 Å². The lowest BCUT2D eigenvalue weighted by Crippen LogP contribution is -2.22. The number of hydrogen-bond donors (Lipinski definition) is 1. The van der Waals surface area contributed by atoms with Gasteiger partial charge in [0.2, 0.25) is 5.89 Å². The molecule has 2 heterocycles. The zero-order valence-electron chi connectivity index (χ0n) is 10.7. The van der Waals surface area contributed by atoms with E-state index >= 15 is 0 Å². The van der Waals surface area contributed by atoms with E-state index in [-0.39, 0.29) is 12.0 Å². The number of aromatic nitrogens is 1. The standard InChI is InChI=1S/C14H14Cl2N2O2/c15-10-2-1-3-11(16)13(10)20-12(9-4-5-17-8-9)14-18-6-7-19-14/h1-3,6-7,9,12,17H,4-5,8H2/t9-,12?/m0/s1. The van der Waals surface area contributed by atoms with Crippen molar-refractivity contribution in [3.05, 3.63) is 46.6 Å². The van der Waals surface area contributed by atoms with Gasteiger partial charge >= 0.3 is 0 Å². The highest BCUT2D eigenvalue weighted by Gasteiger charge is 2.32. The van der Waals surface area contributed by atoms with Gasteiger partial charge in [-0.05, 0) is 25.1 Å². The third-order valence-electron chi connectivity index (χ3n) is 3.39. The quantitative estimate of drug-likeness (QED) is 0.935. The molecule has 1 aromatic heterocycles. The fourth-order valence-electron chi connectivity index (χ4n) is 2.38. The Hall–Kier alpha value is -1.23. The number of oxazole rings is 1. The molecular weight excluding hydrogens is 299 g/mol. The Bertz CT molecular complexity index is 548. The first kappa shape index (κ1) is 13.7. The van der Waals surface area contributed by atoms with E-state index in [1.807, 2.05) is 0 Å². The van der Waals surface area contributed by atoms with Crippen LogP contribution in [-0.4, -0.2) is 18.1 Å². The maximum atomic E-state index is 6.17. The van der Waals surface area contributed by atoms with Crippen molar-refractivity contribution in [1.29, 1.82) is 0 Å². The molecule has 1 saturated heterocycles. The number of benzene rings is 1. The Morgan fingerprint density at radius 3 is 2.75 bits per heavy atom. The second-order valence-electron chi connectivity index (χ2n) is 4.71. The van der Waals surface area contributed by atoms with Crippen molar-refractivity contribution < 1.29 is 9.15 Å². The molecule has 0 spiro atoms. The molecule has 106 valence electrons. The highest BCUT2D eigenvalue weighted by atomic mass is 35.5. The first-order valence-corrected chi connectivity index (χ1v) is 7.22. The van der Waals surface area contributed by atoms with E-state index in [1.165, 1.54) is 0 Å². The molecule has 0 bridgehead atoms. The minimum atomic E-state index is -0.294. The molecule has 1 aliphatic heterocycles. The topological polar surface area (TPSA) is 47.3 Å². The second-order valence-corrected chi connectivity index (χ2v) is 5.53. The van der Waals surface area contributed by atoms with E-state index in [1.54, 1.807) is 30.7 Å². The Balaban J connectivity index is 1.90. The lowest BCUT2D eigenvalue weighted by Gasteiger charge is -2.22. The van der Waals surface area contributed by atoms with E-state index in [4.69, 9.17) is 32.4 Å². The second kappa shape index (κ2) is 6.04. The van der Waals surface area contributed by atoms with Crippen molar-refractivity contribution in [3.8, 4) is 5.75 Å². The highest BCUT2D eigenvalue weighted by molar-refractivity contribution is 6.37. The Morgan fingerprint density at radius 2 is 2.15 bits per heavy atom. The summed E-state index contributed by atoms with van der Waals surface area (Å²) in [7, 11) is 0. The minimum absolute atomic E-state index is 0.279. The van der Waals surface area contributed by atoms with Crippen molar-refractivity contribution >= 4 is 23.2 Å². The largest absolute Gasteiger partial charge is 0.477 e. The van der Waals surface area contributed by atoms with Crippen LogP contribution >= 0.6 is 23.2 Å². The van der Waals surface area contributed by atoms with Gasteiger partial charge in [-0.1, -0.05) is 29.3 Å². The van der Waals surface area contributed by atoms with E-state index in [9.17, 15) is 0 Å². The average Bonchev–Trinajstić information content (AvgIpc) is 3.12. The van der Waals surface area contributed by atoms with Crippen LogP contribution in [0.1, 0.15) is 18.4 Å². The van der Waals surface area contributed by atoms with E-state index in [0.29, 0.717) is 21.7 Å². The van der Waals surface area contributed by atoms with Crippen LogP contribution < -0.4 is 10.1 Å². The Morgan fingerprint density at radius 1 is 1.35 bits per heavy atom. The number of ether oxygens (including phenoxy) is 1. The first-order valence-electron chi connectivity index (χ1n) is 6.46. The molecule has 2 aromatic rings. The predicted molar refractivity (Wildman–Crippen MR) is 77.3 cm³/mol. The van der Waals surface area contributed by atoms with Gasteiger partial charge < -0.3 is 14.5 Å². The van der Waals surface area contributed by atoms with Crippen LogP contribution in [0.2, 0.25) is 10.0 Å². The van der Waals surface area contributed by atoms with Crippen LogP contribution in [-0.2, 0) is 0 Å². The van der Waals surface area contributed by atoms with Gasteiger partial charge in [0, 0.05) is 12.5 Å². The van der Waals surface area contributed by atoms with Crippen LogP contribution in [0.5, 0.6) is 5.75 Å². The number of para-hydroxylation sites is 1. The Labute approximate surface area is 127 Å². The summed E-state index contributed by atoms with van der Waals surface area (Å²) in [5.41, 5.74) is 0. The summed E-state index contributed by atoms with van der Waals surface area (Å²) in [4.78, 5) is 4.21. The van der Waals surface area contributed by atoms with Crippen LogP contribution in [0.4, 0.5) is 0 Å². The average molecular weight is 313 g/mol. The monoisotopic (exact) mass is 312 g/mol. The first-order chi connectivity index (χ1) is 9.75. The van der Waals surface area contributed by atoms with Gasteiger partial charge in [-0.3, -0.25) is 0 Å². The molecule has 1 N–H and O–H groups in total. The lowest BCUT2D eigenvalue weighted by molar-refractivity contribution is 0.114. The summed E-state index contributed by atoms with van der Waals surface area (Å²) in [5, 5.41) is 4.29. The molecule has 1 fully saturated rings. The number of halogens is 2. The van der Waals surface area contributed by atoms with Crippen LogP contribution in [0.15, 0.2) is 35.1 Å². The maximum absolute atomic E-state index is 6.17. The summed E-state index contributed by atoms with van der Waals surface area (Å²) in [6.45, 7) is 1.82. The van der Waals surface area contributed by atoms with Gasteiger partial charge in [0.05, 0.1) is 16.2 Å². The third kappa shape index (κ3) is 2.77. The van der Waals surface area contributed by atoms with E-state index < -0.39 is 0 Å². The van der Waals surface area contributed by atoms with Crippen molar-refractivity contribution in [2.24, 2.45) is 5.92 Å². The fourth-order valence-corrected chi connectivity index (χ4v) is 2.87. The molecule has 4 nitrogen and oxygen atoms in total. The molecule has 20 heavy (non-hydrogen) atoms. The smallest absolute Gasteiger partial charge is 0.235 e. The lowest BCUT2D eigenvalue weighted by atomic mass is 10.0. The normalized spacial score (nSPS) is 20.0. The number of nitrogens with zero attached hydrogens (tertiary/aromatic N) is 1. The molecular formula is C14H14Cl2N2O2. The summed E-state index contributed by atoms with van der Waals surface area (Å²) in [5.74, 6) is 1.31. The molecule has 1 aliphatic rings. The SMILES string of the molecule is Clc1cccc(Cl)c1OC(c1ncco1)[C@H]1CCNC1. The fraction of sp³-hybridized carbons (Fsp3) is 0.357. The van der Waals surface area contributed by atoms with Gasteiger partial charge in [0.1, 0.15) is 6.26 Å². The van der Waals surface area contributed by atoms with Gasteiger partial charge in [-0.15, -0.1) is 0 Å². The summed E-state index contributed by atoms with van der Waals surface area (Å²) in [6.07, 6.45) is 3.86. The van der Waals surface area contributed by atoms with Gasteiger partial charge in [-0.2, -0.15) is 0 Å². The molecule has 6 heteroatoms. The molecule has 3 rings (SSSR count). The van der Waals surface area contributed by atoms with Gasteiger partial charge in [0.25, 0.3) is 0 Å². The zero-order valence-corrected chi connectivity index (χ0v) is 12.2. The predicted octanol–water partition coefficient (Wildman–Crippen LogP) is 3.71. The third-order valence-corrected chi connectivity index (χ3v) is 3.98. The molecule has 0 amide bonds. The van der Waals surface area contributed by atoms with Gasteiger partial charge in [0.15, 0.2) is 11.9 Å². The van der Waals surface area contributed by atoms with Crippen LogP contribution in [0.25, 0.3) is 0 Å². The molecule has 0 saturated carbocycles. The van der Waals surface area contributed by atoms with Crippen LogP contribution in [0.3, 0.4) is 0 Å². The van der Waals surface area contributed by atoms with Crippen molar-refractivity contribution in [2.45, 2.75) is 12.5 Å². The summed E-state index contributed by atoms with van der Waals surface area (Å²) >= 11 is 12.3. The Kier molecular flexibility index (Phi) is 4.15. The molecule has 0 radical (unpaired) electrons. The number of hydrogen-bond acceptors (Lipinski definition) is 4. The molecule has 1 aromatic carbocycles. The highest BCUT2D eigenvalue weighted by Crippen LogP contribution is 2.38. The van der Waals surface area contributed by atoms with Crippen molar-refractivity contribution in [3.63, 3.8) is 0 Å². The molecule has 0 aliphatic carbocycles. The zero-order chi connectivity index (χ0) is 13.9. The van der Waals surface area contributed by atoms with Crippen molar-refractivity contribution in [2.75, 3.05) is 13.1 Å². The minimum Gasteiger partial charge on any atom is -0.477 e. The number of nitrogens with one attached hydrogen (secondary N) is 1. The van der Waals surface area contributed by atoms with Crippen LogP contribution in [0, 0.1) is 5.92 Å². The maximum Gasteiger partial charge on any atom is 0.235 e.